The number of alkyl halides is 3. The van der Waals surface area contributed by atoms with E-state index in [1.807, 2.05) is 11.0 Å². The molecule has 11 heteroatoms. The van der Waals surface area contributed by atoms with Crippen LogP contribution in [0.2, 0.25) is 0 Å². The lowest BCUT2D eigenvalue weighted by Gasteiger charge is -2.38. The summed E-state index contributed by atoms with van der Waals surface area (Å²) < 4.78 is 30.8. The minimum absolute atomic E-state index is 0.00868. The number of carbonyl (C=O) groups excluding carboxylic acids is 2. The van der Waals surface area contributed by atoms with E-state index in [9.17, 15) is 18.4 Å². The van der Waals surface area contributed by atoms with Crippen molar-refractivity contribution in [2.75, 3.05) is 23.3 Å². The standard InChI is InChI=1S/C25H26BrClF2N4O3/c1-13(2)33-21-18(17-7-8-20(22(17)33)32-10-9-30-24(32)35)11-14(12-19(21)26)23(34)31-15-3-5-16(6-4-15)36-25(27,28)29/h3-6,11-13,17,20,22H,7-10H2,1-2H3,(H,30,35)(H,31,34). The highest BCUT2D eigenvalue weighted by atomic mass is 79.9. The van der Waals surface area contributed by atoms with Gasteiger partial charge in [0.05, 0.1) is 17.8 Å². The largest absolute Gasteiger partial charge is 0.487 e. The van der Waals surface area contributed by atoms with Gasteiger partial charge in [0, 0.05) is 52.4 Å². The van der Waals surface area contributed by atoms with Gasteiger partial charge in [0.25, 0.3) is 5.91 Å². The van der Waals surface area contributed by atoms with Crippen molar-refractivity contribution in [2.24, 2.45) is 0 Å². The number of hydrogen-bond acceptors (Lipinski definition) is 4. The van der Waals surface area contributed by atoms with Crippen LogP contribution in [0.5, 0.6) is 5.75 Å². The van der Waals surface area contributed by atoms with E-state index < -0.39 is 5.57 Å². The van der Waals surface area contributed by atoms with Gasteiger partial charge in [0.2, 0.25) is 0 Å². The van der Waals surface area contributed by atoms with Crippen LogP contribution in [0.15, 0.2) is 40.9 Å². The first-order valence-corrected chi connectivity index (χ1v) is 13.0. The first-order valence-electron chi connectivity index (χ1n) is 11.9. The maximum Gasteiger partial charge on any atom is 0.487 e. The fraction of sp³-hybridized carbons (Fsp3) is 0.440. The Kier molecular flexibility index (Phi) is 6.53. The average molecular weight is 584 g/mol. The van der Waals surface area contributed by atoms with Crippen molar-refractivity contribution in [1.82, 2.24) is 10.2 Å². The number of rotatable bonds is 6. The van der Waals surface area contributed by atoms with Gasteiger partial charge in [-0.3, -0.25) is 4.79 Å². The average Bonchev–Trinajstić information content (AvgIpc) is 3.48. The van der Waals surface area contributed by atoms with Crippen molar-refractivity contribution in [1.29, 1.82) is 0 Å². The summed E-state index contributed by atoms with van der Waals surface area (Å²) in [6, 6.07) is 9.75. The van der Waals surface area contributed by atoms with E-state index >= 15 is 0 Å². The first-order chi connectivity index (χ1) is 17.0. The molecule has 2 fully saturated rings. The smallest absolute Gasteiger partial charge is 0.420 e. The second-order valence-corrected chi connectivity index (χ2v) is 10.9. The molecule has 7 nitrogen and oxygen atoms in total. The number of nitrogens with zero attached hydrogens (tertiary/aromatic N) is 2. The van der Waals surface area contributed by atoms with E-state index in [2.05, 4.69) is 50.0 Å². The van der Waals surface area contributed by atoms with Gasteiger partial charge in [-0.25, -0.2) is 4.79 Å². The van der Waals surface area contributed by atoms with E-state index in [-0.39, 0.29) is 41.7 Å². The summed E-state index contributed by atoms with van der Waals surface area (Å²) in [7, 11) is 0. The van der Waals surface area contributed by atoms with Crippen LogP contribution in [0.1, 0.15) is 48.5 Å². The highest BCUT2D eigenvalue weighted by Gasteiger charge is 2.52. The van der Waals surface area contributed by atoms with Crippen LogP contribution in [0.25, 0.3) is 0 Å². The maximum absolute atomic E-state index is 13.1. The van der Waals surface area contributed by atoms with E-state index in [0.29, 0.717) is 24.3 Å². The molecule has 192 valence electrons. The quantitative estimate of drug-likeness (QED) is 0.426. The molecule has 3 atom stereocenters. The Labute approximate surface area is 221 Å². The molecule has 0 bridgehead atoms. The van der Waals surface area contributed by atoms with Gasteiger partial charge in [0.15, 0.2) is 0 Å². The molecule has 2 N–H and O–H groups in total. The number of anilines is 2. The summed E-state index contributed by atoms with van der Waals surface area (Å²) >= 11 is 8.51. The predicted octanol–water partition coefficient (Wildman–Crippen LogP) is 5.74. The van der Waals surface area contributed by atoms with Crippen molar-refractivity contribution in [3.63, 3.8) is 0 Å². The summed E-state index contributed by atoms with van der Waals surface area (Å²) in [5, 5.41) is 5.73. The Hall–Kier alpha value is -2.59. The van der Waals surface area contributed by atoms with Crippen molar-refractivity contribution >= 4 is 50.8 Å². The number of nitrogens with one attached hydrogen (secondary N) is 2. The second-order valence-electron chi connectivity index (χ2n) is 9.59. The van der Waals surface area contributed by atoms with E-state index in [4.69, 9.17) is 11.6 Å². The van der Waals surface area contributed by atoms with Gasteiger partial charge < -0.3 is 25.2 Å². The molecule has 3 unspecified atom stereocenters. The highest BCUT2D eigenvalue weighted by molar-refractivity contribution is 9.10. The Morgan fingerprint density at radius 1 is 1.25 bits per heavy atom. The van der Waals surface area contributed by atoms with Crippen molar-refractivity contribution < 1.29 is 23.1 Å². The fourth-order valence-corrected chi connectivity index (χ4v) is 6.59. The third-order valence-electron chi connectivity index (χ3n) is 7.11. The molecule has 0 radical (unpaired) electrons. The summed E-state index contributed by atoms with van der Waals surface area (Å²) in [5.41, 5.74) is -0.710. The van der Waals surface area contributed by atoms with Crippen LogP contribution in [0.3, 0.4) is 0 Å². The molecule has 2 aromatic rings. The molecule has 5 rings (SSSR count). The third kappa shape index (κ3) is 4.61. The topological polar surface area (TPSA) is 73.9 Å². The molecule has 3 amide bonds. The summed E-state index contributed by atoms with van der Waals surface area (Å²) in [5.74, 6) is -0.225. The minimum Gasteiger partial charge on any atom is -0.420 e. The molecule has 3 aliphatic rings. The molecule has 2 aliphatic heterocycles. The lowest BCUT2D eigenvalue weighted by Crippen LogP contribution is -2.51. The summed E-state index contributed by atoms with van der Waals surface area (Å²) in [6.07, 6.45) is 1.84. The summed E-state index contributed by atoms with van der Waals surface area (Å²) in [4.78, 5) is 29.9. The molecule has 0 aromatic heterocycles. The SMILES string of the molecule is CC(C)N1c2c(Br)cc(C(=O)Nc3ccc(OC(F)(F)Cl)cc3)cc2C2CCC(N3CCNC3=O)C21. The van der Waals surface area contributed by atoms with Crippen molar-refractivity contribution in [3.8, 4) is 5.75 Å². The van der Waals surface area contributed by atoms with Crippen LogP contribution in [0, 0.1) is 0 Å². The Morgan fingerprint density at radius 2 is 1.97 bits per heavy atom. The zero-order valence-corrected chi connectivity index (χ0v) is 22.1. The molecule has 36 heavy (non-hydrogen) atoms. The van der Waals surface area contributed by atoms with Crippen LogP contribution >= 0.6 is 27.5 Å². The number of halogens is 4. The lowest BCUT2D eigenvalue weighted by atomic mass is 9.95. The minimum atomic E-state index is -3.80. The van der Waals surface area contributed by atoms with E-state index in [0.717, 1.165) is 28.6 Å². The number of ether oxygens (including phenoxy) is 1. The van der Waals surface area contributed by atoms with E-state index in [1.54, 1.807) is 6.07 Å². The molecule has 2 aromatic carbocycles. The molecule has 1 aliphatic carbocycles. The third-order valence-corrected chi connectivity index (χ3v) is 7.79. The van der Waals surface area contributed by atoms with Gasteiger partial charge in [0.1, 0.15) is 5.75 Å². The number of hydrogen-bond donors (Lipinski definition) is 2. The number of urea groups is 1. The zero-order valence-electron chi connectivity index (χ0n) is 19.7. The Balaban J connectivity index is 1.40. The monoisotopic (exact) mass is 582 g/mol. The molecule has 1 saturated heterocycles. The van der Waals surface area contributed by atoms with Crippen LogP contribution in [-0.4, -0.2) is 53.6 Å². The van der Waals surface area contributed by atoms with Crippen molar-refractivity contribution in [2.45, 2.75) is 56.3 Å². The predicted molar refractivity (Wildman–Crippen MR) is 137 cm³/mol. The van der Waals surface area contributed by atoms with Crippen LogP contribution in [0.4, 0.5) is 25.0 Å². The lowest BCUT2D eigenvalue weighted by molar-refractivity contribution is -0.0964. The Morgan fingerprint density at radius 3 is 2.58 bits per heavy atom. The number of amides is 3. The zero-order chi connectivity index (χ0) is 25.8. The number of carbonyl (C=O) groups is 2. The normalized spacial score (nSPS) is 23.1. The van der Waals surface area contributed by atoms with Gasteiger partial charge in [-0.15, -0.1) is 8.78 Å². The van der Waals surface area contributed by atoms with Gasteiger partial charge in [-0.2, -0.15) is 0 Å². The molecular formula is C25H26BrClF2N4O3. The Bertz CT molecular complexity index is 1190. The van der Waals surface area contributed by atoms with Gasteiger partial charge in [-0.1, -0.05) is 0 Å². The molecular weight excluding hydrogens is 558 g/mol. The number of fused-ring (bicyclic) bond motifs is 3. The van der Waals surface area contributed by atoms with Gasteiger partial charge in [-0.05, 0) is 84.6 Å². The fourth-order valence-electron chi connectivity index (χ4n) is 5.82. The molecule has 2 heterocycles. The van der Waals surface area contributed by atoms with E-state index in [1.165, 1.54) is 24.3 Å². The molecule has 0 spiro atoms. The summed E-state index contributed by atoms with van der Waals surface area (Å²) in [6.45, 7) is 5.66. The maximum atomic E-state index is 13.1. The van der Waals surface area contributed by atoms with Crippen LogP contribution in [-0.2, 0) is 0 Å². The van der Waals surface area contributed by atoms with Crippen LogP contribution < -0.4 is 20.3 Å². The van der Waals surface area contributed by atoms with Gasteiger partial charge >= 0.3 is 11.6 Å². The highest BCUT2D eigenvalue weighted by Crippen LogP contribution is 2.54. The number of benzene rings is 2. The second kappa shape index (κ2) is 9.37. The first kappa shape index (κ1) is 25.1. The molecule has 1 saturated carbocycles. The van der Waals surface area contributed by atoms with Crippen molar-refractivity contribution in [3.05, 3.63) is 52.0 Å².